The van der Waals surface area contributed by atoms with Gasteiger partial charge in [0.05, 0.1) is 12.2 Å². The number of nitrogens with one attached hydrogen (secondary N) is 1. The molecule has 0 unspecified atom stereocenters. The van der Waals surface area contributed by atoms with Crippen LogP contribution >= 0.6 is 0 Å². The van der Waals surface area contributed by atoms with E-state index in [2.05, 4.69) is 5.32 Å². The van der Waals surface area contributed by atoms with Gasteiger partial charge >= 0.3 is 6.09 Å². The molecule has 1 amide bonds. The van der Waals surface area contributed by atoms with E-state index in [-0.39, 0.29) is 6.04 Å². The molecule has 3 N–H and O–H groups in total. The van der Waals surface area contributed by atoms with Crippen molar-refractivity contribution in [3.05, 3.63) is 0 Å². The summed E-state index contributed by atoms with van der Waals surface area (Å²) in [6, 6.07) is -0.156. The van der Waals surface area contributed by atoms with Crippen molar-refractivity contribution >= 4 is 6.09 Å². The van der Waals surface area contributed by atoms with E-state index in [1.165, 1.54) is 6.42 Å². The zero-order chi connectivity index (χ0) is 18.3. The van der Waals surface area contributed by atoms with Crippen LogP contribution in [0, 0.1) is 11.8 Å². The molecule has 1 aliphatic rings. The first-order valence-electron chi connectivity index (χ1n) is 9.44. The molecular weight excluding hydrogens is 306 g/mol. The summed E-state index contributed by atoms with van der Waals surface area (Å²) in [4.78, 5) is 12.2. The molecule has 142 valence electrons. The molecule has 0 saturated heterocycles. The minimum atomic E-state index is -0.825. The first-order chi connectivity index (χ1) is 11.1. The average Bonchev–Trinajstić information content (AvgIpc) is 2.44. The topological polar surface area (TPSA) is 78.8 Å². The van der Waals surface area contributed by atoms with Crippen molar-refractivity contribution in [2.24, 2.45) is 11.8 Å². The van der Waals surface area contributed by atoms with Crippen molar-refractivity contribution < 1.29 is 19.7 Å². The number of aliphatic hydroxyl groups excluding tert-OH is 2. The Bertz CT molecular complexity index is 372. The molecule has 1 rings (SSSR count). The molecule has 3 atom stereocenters. The monoisotopic (exact) mass is 343 g/mol. The van der Waals surface area contributed by atoms with Crippen LogP contribution in [0.15, 0.2) is 0 Å². The molecule has 0 bridgehead atoms. The molecule has 0 spiro atoms. The van der Waals surface area contributed by atoms with Gasteiger partial charge in [0, 0.05) is 6.04 Å². The summed E-state index contributed by atoms with van der Waals surface area (Å²) in [6.07, 6.45) is 4.55. The number of ether oxygens (including phenoxy) is 1. The van der Waals surface area contributed by atoms with Crippen LogP contribution in [0.4, 0.5) is 4.79 Å². The van der Waals surface area contributed by atoms with Crippen LogP contribution in [0.25, 0.3) is 0 Å². The average molecular weight is 344 g/mol. The van der Waals surface area contributed by atoms with Crippen LogP contribution in [-0.4, -0.2) is 40.2 Å². The van der Waals surface area contributed by atoms with Crippen LogP contribution in [0.2, 0.25) is 0 Å². The molecule has 5 heteroatoms. The molecule has 0 heterocycles. The lowest BCUT2D eigenvalue weighted by atomic mass is 9.81. The van der Waals surface area contributed by atoms with E-state index in [1.807, 2.05) is 34.6 Å². The summed E-state index contributed by atoms with van der Waals surface area (Å²) in [5, 5.41) is 23.5. The molecule has 24 heavy (non-hydrogen) atoms. The van der Waals surface area contributed by atoms with Crippen molar-refractivity contribution in [3.8, 4) is 0 Å². The number of aliphatic hydroxyl groups is 2. The fourth-order valence-electron chi connectivity index (χ4n) is 3.42. The third-order valence-corrected chi connectivity index (χ3v) is 4.57. The number of carbonyl (C=O) groups is 1. The summed E-state index contributed by atoms with van der Waals surface area (Å²) in [5.41, 5.74) is -0.545. The fraction of sp³-hybridized carbons (Fsp3) is 0.947. The lowest BCUT2D eigenvalue weighted by Crippen LogP contribution is -2.46. The Morgan fingerprint density at radius 2 is 1.62 bits per heavy atom. The van der Waals surface area contributed by atoms with Gasteiger partial charge in [-0.25, -0.2) is 4.79 Å². The van der Waals surface area contributed by atoms with E-state index in [0.29, 0.717) is 24.7 Å². The standard InChI is InChI=1S/C19H37NO4/c1-13(2)11-16(21)17(22)12-15(14-9-7-6-8-10-14)20-18(23)24-19(3,4)5/h13-17,21-22H,6-12H2,1-5H3,(H,20,23)/t15-,16-,17+/m0/s1. The molecule has 0 aromatic carbocycles. The quantitative estimate of drug-likeness (QED) is 0.660. The maximum atomic E-state index is 12.2. The highest BCUT2D eigenvalue weighted by atomic mass is 16.6. The molecule has 0 aliphatic heterocycles. The SMILES string of the molecule is CC(C)C[C@H](O)[C@H](O)C[C@H](NC(=O)OC(C)(C)C)C1CCCCC1. The number of alkyl carbamates (subject to hydrolysis) is 1. The zero-order valence-corrected chi connectivity index (χ0v) is 16.0. The van der Waals surface area contributed by atoms with Crippen LogP contribution < -0.4 is 5.32 Å². The summed E-state index contributed by atoms with van der Waals surface area (Å²) in [6.45, 7) is 9.55. The van der Waals surface area contributed by atoms with Gasteiger partial charge in [0.2, 0.25) is 0 Å². The van der Waals surface area contributed by atoms with E-state index >= 15 is 0 Å². The molecule has 1 saturated carbocycles. The molecule has 1 aliphatic carbocycles. The van der Waals surface area contributed by atoms with Gasteiger partial charge in [0.15, 0.2) is 0 Å². The van der Waals surface area contributed by atoms with Crippen molar-refractivity contribution in [1.82, 2.24) is 5.32 Å². The van der Waals surface area contributed by atoms with Crippen LogP contribution in [0.1, 0.15) is 79.6 Å². The van der Waals surface area contributed by atoms with E-state index in [4.69, 9.17) is 4.74 Å². The number of carbonyl (C=O) groups excluding carboxylic acids is 1. The second kappa shape index (κ2) is 9.62. The second-order valence-electron chi connectivity index (χ2n) is 8.65. The van der Waals surface area contributed by atoms with Gasteiger partial charge in [-0.2, -0.15) is 0 Å². The van der Waals surface area contributed by atoms with Crippen LogP contribution in [0.5, 0.6) is 0 Å². The fourth-order valence-corrected chi connectivity index (χ4v) is 3.42. The zero-order valence-electron chi connectivity index (χ0n) is 16.0. The predicted molar refractivity (Wildman–Crippen MR) is 95.8 cm³/mol. The van der Waals surface area contributed by atoms with E-state index < -0.39 is 23.9 Å². The van der Waals surface area contributed by atoms with Crippen molar-refractivity contribution in [2.75, 3.05) is 0 Å². The predicted octanol–water partition coefficient (Wildman–Crippen LogP) is 3.62. The summed E-state index contributed by atoms with van der Waals surface area (Å²) >= 11 is 0. The summed E-state index contributed by atoms with van der Waals surface area (Å²) in [7, 11) is 0. The highest BCUT2D eigenvalue weighted by Crippen LogP contribution is 2.29. The van der Waals surface area contributed by atoms with E-state index in [9.17, 15) is 15.0 Å². The molecule has 0 radical (unpaired) electrons. The van der Waals surface area contributed by atoms with Gasteiger partial charge in [-0.15, -0.1) is 0 Å². The van der Waals surface area contributed by atoms with Crippen LogP contribution in [0.3, 0.4) is 0 Å². The Labute approximate surface area is 147 Å². The molecule has 0 aromatic rings. The smallest absolute Gasteiger partial charge is 0.407 e. The molecule has 1 fully saturated rings. The lowest BCUT2D eigenvalue weighted by Gasteiger charge is -2.34. The Morgan fingerprint density at radius 1 is 1.08 bits per heavy atom. The first-order valence-corrected chi connectivity index (χ1v) is 9.44. The third kappa shape index (κ3) is 8.34. The van der Waals surface area contributed by atoms with Gasteiger partial charge in [0.25, 0.3) is 0 Å². The lowest BCUT2D eigenvalue weighted by molar-refractivity contribution is -0.00936. The minimum Gasteiger partial charge on any atom is -0.444 e. The second-order valence-corrected chi connectivity index (χ2v) is 8.65. The Morgan fingerprint density at radius 3 is 2.12 bits per heavy atom. The summed E-state index contributed by atoms with van der Waals surface area (Å²) < 4.78 is 5.37. The van der Waals surface area contributed by atoms with Gasteiger partial charge in [-0.1, -0.05) is 33.1 Å². The third-order valence-electron chi connectivity index (χ3n) is 4.57. The largest absolute Gasteiger partial charge is 0.444 e. The van der Waals surface area contributed by atoms with Crippen molar-refractivity contribution in [3.63, 3.8) is 0 Å². The van der Waals surface area contributed by atoms with Gasteiger partial charge in [0.1, 0.15) is 5.60 Å². The summed E-state index contributed by atoms with van der Waals surface area (Å²) in [5.74, 6) is 0.661. The molecule has 5 nitrogen and oxygen atoms in total. The highest BCUT2D eigenvalue weighted by molar-refractivity contribution is 5.68. The van der Waals surface area contributed by atoms with Crippen LogP contribution in [-0.2, 0) is 4.74 Å². The maximum absolute atomic E-state index is 12.2. The minimum absolute atomic E-state index is 0.156. The van der Waals surface area contributed by atoms with Crippen molar-refractivity contribution in [1.29, 1.82) is 0 Å². The number of hydrogen-bond acceptors (Lipinski definition) is 4. The van der Waals surface area contributed by atoms with Crippen molar-refractivity contribution in [2.45, 2.75) is 103 Å². The first kappa shape index (κ1) is 21.2. The molecule has 0 aromatic heterocycles. The van der Waals surface area contributed by atoms with Gasteiger partial charge in [-0.3, -0.25) is 0 Å². The number of hydrogen-bond donors (Lipinski definition) is 3. The number of rotatable bonds is 7. The maximum Gasteiger partial charge on any atom is 0.407 e. The highest BCUT2D eigenvalue weighted by Gasteiger charge is 2.31. The van der Waals surface area contributed by atoms with E-state index in [1.54, 1.807) is 0 Å². The Kier molecular flexibility index (Phi) is 8.51. The molecular formula is C19H37NO4. The Hall–Kier alpha value is -0.810. The van der Waals surface area contributed by atoms with E-state index in [0.717, 1.165) is 25.7 Å². The van der Waals surface area contributed by atoms with Gasteiger partial charge in [-0.05, 0) is 58.3 Å². The number of amides is 1. The van der Waals surface area contributed by atoms with Gasteiger partial charge < -0.3 is 20.3 Å². The normalized spacial score (nSPS) is 20.5. The Balaban J connectivity index is 2.68.